The number of allylic oxidation sites excluding steroid dienone is 7. The van der Waals surface area contributed by atoms with Crippen molar-refractivity contribution in [3.05, 3.63) is 47.4 Å². The van der Waals surface area contributed by atoms with E-state index < -0.39 is 0 Å². The van der Waals surface area contributed by atoms with E-state index in [2.05, 4.69) is 55.7 Å². The minimum Gasteiger partial charge on any atom is -0.130 e. The summed E-state index contributed by atoms with van der Waals surface area (Å²) in [5.74, 6) is 0.546. The first-order chi connectivity index (χ1) is 6.24. The van der Waals surface area contributed by atoms with Gasteiger partial charge < -0.3 is 0 Å². The van der Waals surface area contributed by atoms with Crippen molar-refractivity contribution < 1.29 is 0 Å². The summed E-state index contributed by atoms with van der Waals surface area (Å²) in [6, 6.07) is 0. The summed E-state index contributed by atoms with van der Waals surface area (Å²) in [6.45, 7) is 2.28. The first-order valence-electron chi connectivity index (χ1n) is 4.56. The minimum atomic E-state index is 0.216. The Balaban J connectivity index is 2.33. The SMILES string of the molecule is CSC1=CC2C=CC=CC2(C)C=C1. The summed E-state index contributed by atoms with van der Waals surface area (Å²) < 4.78 is 0. The highest BCUT2D eigenvalue weighted by molar-refractivity contribution is 8.02. The van der Waals surface area contributed by atoms with Crippen LogP contribution >= 0.6 is 11.8 Å². The maximum Gasteiger partial charge on any atom is 0.0137 e. The van der Waals surface area contributed by atoms with Crippen LogP contribution in [0.1, 0.15) is 6.92 Å². The molecule has 0 spiro atoms. The van der Waals surface area contributed by atoms with Gasteiger partial charge in [0, 0.05) is 16.2 Å². The molecule has 1 heteroatoms. The second-order valence-corrected chi connectivity index (χ2v) is 4.62. The van der Waals surface area contributed by atoms with Crippen LogP contribution < -0.4 is 0 Å². The molecule has 0 fully saturated rings. The van der Waals surface area contributed by atoms with Gasteiger partial charge in [-0.05, 0) is 6.26 Å². The Morgan fingerprint density at radius 3 is 2.92 bits per heavy atom. The zero-order valence-corrected chi connectivity index (χ0v) is 8.84. The molecular formula is C12H14S. The summed E-state index contributed by atoms with van der Waals surface area (Å²) in [4.78, 5) is 1.38. The van der Waals surface area contributed by atoms with Crippen LogP contribution in [0.25, 0.3) is 0 Å². The average Bonchev–Trinajstić information content (AvgIpc) is 2.16. The molecule has 68 valence electrons. The highest BCUT2D eigenvalue weighted by atomic mass is 32.2. The van der Waals surface area contributed by atoms with Crippen LogP contribution in [0.5, 0.6) is 0 Å². The minimum absolute atomic E-state index is 0.216. The van der Waals surface area contributed by atoms with Crippen LogP contribution in [-0.4, -0.2) is 6.26 Å². The molecule has 0 amide bonds. The van der Waals surface area contributed by atoms with Crippen LogP contribution in [0.15, 0.2) is 47.4 Å². The molecule has 2 unspecified atom stereocenters. The summed E-state index contributed by atoms with van der Waals surface area (Å²) in [5.41, 5.74) is 0.216. The molecular weight excluding hydrogens is 176 g/mol. The fraction of sp³-hybridized carbons (Fsp3) is 0.333. The van der Waals surface area contributed by atoms with Crippen molar-refractivity contribution in [2.75, 3.05) is 6.26 Å². The van der Waals surface area contributed by atoms with E-state index >= 15 is 0 Å². The van der Waals surface area contributed by atoms with Crippen LogP contribution in [-0.2, 0) is 0 Å². The Kier molecular flexibility index (Phi) is 2.20. The van der Waals surface area contributed by atoms with Gasteiger partial charge >= 0.3 is 0 Å². The van der Waals surface area contributed by atoms with Crippen LogP contribution in [0.2, 0.25) is 0 Å². The number of hydrogen-bond donors (Lipinski definition) is 0. The molecule has 2 aliphatic carbocycles. The van der Waals surface area contributed by atoms with Gasteiger partial charge in [-0.25, -0.2) is 0 Å². The van der Waals surface area contributed by atoms with E-state index in [4.69, 9.17) is 0 Å². The molecule has 0 bridgehead atoms. The lowest BCUT2D eigenvalue weighted by Crippen LogP contribution is -2.23. The highest BCUT2D eigenvalue weighted by Crippen LogP contribution is 2.40. The van der Waals surface area contributed by atoms with Gasteiger partial charge in [-0.1, -0.05) is 49.5 Å². The van der Waals surface area contributed by atoms with Crippen LogP contribution in [0, 0.1) is 11.3 Å². The molecule has 13 heavy (non-hydrogen) atoms. The first-order valence-corrected chi connectivity index (χ1v) is 5.78. The summed E-state index contributed by atoms with van der Waals surface area (Å²) in [5, 5.41) is 0. The van der Waals surface area contributed by atoms with Crippen LogP contribution in [0.3, 0.4) is 0 Å². The van der Waals surface area contributed by atoms with Gasteiger partial charge in [-0.15, -0.1) is 11.8 Å². The Labute approximate surface area is 84.1 Å². The molecule has 0 nitrogen and oxygen atoms in total. The number of rotatable bonds is 1. The Bertz CT molecular complexity index is 320. The lowest BCUT2D eigenvalue weighted by molar-refractivity contribution is 0.452. The highest BCUT2D eigenvalue weighted by Gasteiger charge is 2.29. The van der Waals surface area contributed by atoms with E-state index in [1.807, 2.05) is 11.8 Å². The van der Waals surface area contributed by atoms with Gasteiger partial charge in [0.05, 0.1) is 0 Å². The van der Waals surface area contributed by atoms with Gasteiger partial charge in [-0.3, -0.25) is 0 Å². The average molecular weight is 190 g/mol. The molecule has 0 aromatic rings. The number of hydrogen-bond acceptors (Lipinski definition) is 1. The molecule has 2 atom stereocenters. The van der Waals surface area contributed by atoms with Gasteiger partial charge in [0.25, 0.3) is 0 Å². The lowest BCUT2D eigenvalue weighted by atomic mass is 9.72. The molecule has 0 N–H and O–H groups in total. The lowest BCUT2D eigenvalue weighted by Gasteiger charge is -2.33. The number of fused-ring (bicyclic) bond motifs is 1. The second kappa shape index (κ2) is 3.22. The topological polar surface area (TPSA) is 0 Å². The fourth-order valence-corrected chi connectivity index (χ4v) is 2.28. The van der Waals surface area contributed by atoms with Crippen molar-refractivity contribution in [3.63, 3.8) is 0 Å². The molecule has 0 aliphatic heterocycles. The summed E-state index contributed by atoms with van der Waals surface area (Å²) in [6.07, 6.45) is 17.8. The molecule has 2 rings (SSSR count). The van der Waals surface area contributed by atoms with E-state index in [9.17, 15) is 0 Å². The predicted molar refractivity (Wildman–Crippen MR) is 60.6 cm³/mol. The van der Waals surface area contributed by atoms with Gasteiger partial charge in [0.15, 0.2) is 0 Å². The summed E-state index contributed by atoms with van der Waals surface area (Å²) in [7, 11) is 0. The standard InChI is InChI=1S/C12H14S/c1-12-7-4-3-5-10(12)9-11(13-2)6-8-12/h3-10H,1-2H3. The van der Waals surface area contributed by atoms with E-state index in [1.54, 1.807) is 0 Å². The molecule has 0 saturated heterocycles. The van der Waals surface area contributed by atoms with Crippen molar-refractivity contribution >= 4 is 11.8 Å². The molecule has 0 heterocycles. The summed E-state index contributed by atoms with van der Waals surface area (Å²) >= 11 is 1.82. The zero-order chi connectivity index (χ0) is 9.31. The normalized spacial score (nSPS) is 35.8. The largest absolute Gasteiger partial charge is 0.130 e. The van der Waals surface area contributed by atoms with Crippen molar-refractivity contribution in [1.82, 2.24) is 0 Å². The first kappa shape index (κ1) is 8.89. The van der Waals surface area contributed by atoms with E-state index in [1.165, 1.54) is 4.91 Å². The molecule has 2 aliphatic rings. The van der Waals surface area contributed by atoms with E-state index in [-0.39, 0.29) is 5.41 Å². The third kappa shape index (κ3) is 1.53. The third-order valence-electron chi connectivity index (χ3n) is 2.79. The smallest absolute Gasteiger partial charge is 0.0137 e. The maximum absolute atomic E-state index is 2.35. The zero-order valence-electron chi connectivity index (χ0n) is 8.03. The quantitative estimate of drug-likeness (QED) is 0.609. The van der Waals surface area contributed by atoms with Crippen molar-refractivity contribution in [3.8, 4) is 0 Å². The van der Waals surface area contributed by atoms with Crippen molar-refractivity contribution in [2.45, 2.75) is 6.92 Å². The molecule has 0 saturated carbocycles. The predicted octanol–water partition coefficient (Wildman–Crippen LogP) is 3.55. The number of thioether (sulfide) groups is 1. The monoisotopic (exact) mass is 190 g/mol. The second-order valence-electron chi connectivity index (χ2n) is 3.74. The maximum atomic E-state index is 2.35. The van der Waals surface area contributed by atoms with Crippen LogP contribution in [0.4, 0.5) is 0 Å². The van der Waals surface area contributed by atoms with Gasteiger partial charge in [0.2, 0.25) is 0 Å². The fourth-order valence-electron chi connectivity index (χ4n) is 1.80. The molecule has 0 radical (unpaired) electrons. The van der Waals surface area contributed by atoms with E-state index in [0.29, 0.717) is 5.92 Å². The van der Waals surface area contributed by atoms with Gasteiger partial charge in [-0.2, -0.15) is 0 Å². The third-order valence-corrected chi connectivity index (χ3v) is 3.53. The van der Waals surface area contributed by atoms with Gasteiger partial charge in [0.1, 0.15) is 0 Å². The Hall–Kier alpha value is -0.690. The molecule has 0 aromatic heterocycles. The van der Waals surface area contributed by atoms with Crippen molar-refractivity contribution in [1.29, 1.82) is 0 Å². The Morgan fingerprint density at radius 2 is 2.15 bits per heavy atom. The Morgan fingerprint density at radius 1 is 1.31 bits per heavy atom. The van der Waals surface area contributed by atoms with E-state index in [0.717, 1.165) is 0 Å². The molecule has 0 aromatic carbocycles. The van der Waals surface area contributed by atoms with Crippen molar-refractivity contribution in [2.24, 2.45) is 11.3 Å².